The number of aliphatic carboxylic acids is 1. The van der Waals surface area contributed by atoms with Gasteiger partial charge in [0.05, 0.1) is 6.61 Å². The Balaban J connectivity index is 2.40. The van der Waals surface area contributed by atoms with E-state index in [1.165, 1.54) is 24.6 Å². The summed E-state index contributed by atoms with van der Waals surface area (Å²) < 4.78 is 6.02. The molecule has 2 aromatic rings. The maximum atomic E-state index is 12.3. The van der Waals surface area contributed by atoms with Crippen molar-refractivity contribution in [3.05, 3.63) is 46.5 Å². The van der Waals surface area contributed by atoms with E-state index in [0.29, 0.717) is 5.65 Å². The summed E-state index contributed by atoms with van der Waals surface area (Å²) in [6.07, 6.45) is 2.61. The molecule has 8 heteroatoms. The van der Waals surface area contributed by atoms with Gasteiger partial charge in [0.1, 0.15) is 11.2 Å². The van der Waals surface area contributed by atoms with Crippen molar-refractivity contribution in [1.29, 1.82) is 0 Å². The Labute approximate surface area is 125 Å². The Bertz CT molecular complexity index is 785. The van der Waals surface area contributed by atoms with Gasteiger partial charge in [-0.1, -0.05) is 6.07 Å². The van der Waals surface area contributed by atoms with E-state index in [0.717, 1.165) is 6.20 Å². The molecule has 0 aromatic carbocycles. The molecule has 1 atom stereocenters. The number of methoxy groups -OCH3 is 1. The highest BCUT2D eigenvalue weighted by Gasteiger charge is 2.36. The molecule has 1 unspecified atom stereocenters. The number of ether oxygens (including phenoxy) is 1. The molecule has 0 radical (unpaired) electrons. The first kappa shape index (κ1) is 15.6. The van der Waals surface area contributed by atoms with Crippen LogP contribution in [-0.4, -0.2) is 45.6 Å². The Morgan fingerprint density at radius 2 is 2.18 bits per heavy atom. The lowest BCUT2D eigenvalue weighted by Crippen LogP contribution is -2.56. The van der Waals surface area contributed by atoms with Gasteiger partial charge in [-0.25, -0.2) is 9.78 Å². The predicted molar refractivity (Wildman–Crippen MR) is 76.8 cm³/mol. The SMILES string of the molecule is COCC(C)(NC(=O)c1cnc2ccccn2c1=O)C(=O)O. The average molecular weight is 305 g/mol. The first-order valence-electron chi connectivity index (χ1n) is 6.40. The van der Waals surface area contributed by atoms with Crippen LogP contribution >= 0.6 is 0 Å². The van der Waals surface area contributed by atoms with E-state index in [1.807, 2.05) is 0 Å². The predicted octanol–water partition coefficient (Wildman–Crippen LogP) is -0.0860. The van der Waals surface area contributed by atoms with Crippen molar-refractivity contribution in [1.82, 2.24) is 14.7 Å². The zero-order chi connectivity index (χ0) is 16.3. The maximum absolute atomic E-state index is 12.3. The lowest BCUT2D eigenvalue weighted by Gasteiger charge is -2.25. The zero-order valence-corrected chi connectivity index (χ0v) is 12.1. The van der Waals surface area contributed by atoms with Crippen molar-refractivity contribution in [2.24, 2.45) is 0 Å². The van der Waals surface area contributed by atoms with Crippen LogP contribution in [-0.2, 0) is 9.53 Å². The molecule has 0 saturated heterocycles. The van der Waals surface area contributed by atoms with Gasteiger partial charge in [0.2, 0.25) is 0 Å². The minimum absolute atomic E-state index is 0.240. The minimum Gasteiger partial charge on any atom is -0.479 e. The van der Waals surface area contributed by atoms with Crippen LogP contribution in [0.15, 0.2) is 35.4 Å². The fourth-order valence-electron chi connectivity index (χ4n) is 1.94. The number of amides is 1. The van der Waals surface area contributed by atoms with Crippen LogP contribution in [0.1, 0.15) is 17.3 Å². The van der Waals surface area contributed by atoms with Gasteiger partial charge >= 0.3 is 5.97 Å². The van der Waals surface area contributed by atoms with Crippen LogP contribution in [0.25, 0.3) is 5.65 Å². The lowest BCUT2D eigenvalue weighted by atomic mass is 10.0. The quantitative estimate of drug-likeness (QED) is 0.799. The number of nitrogens with one attached hydrogen (secondary N) is 1. The molecule has 2 rings (SSSR count). The van der Waals surface area contributed by atoms with E-state index >= 15 is 0 Å². The fraction of sp³-hybridized carbons (Fsp3) is 0.286. The van der Waals surface area contributed by atoms with Gasteiger partial charge in [-0.15, -0.1) is 0 Å². The molecule has 0 spiro atoms. The van der Waals surface area contributed by atoms with Gasteiger partial charge < -0.3 is 15.2 Å². The Kier molecular flexibility index (Phi) is 4.22. The molecule has 2 N–H and O–H groups in total. The average Bonchev–Trinajstić information content (AvgIpc) is 2.47. The number of rotatable bonds is 5. The van der Waals surface area contributed by atoms with Crippen molar-refractivity contribution in [2.75, 3.05) is 13.7 Å². The molecule has 0 aliphatic rings. The van der Waals surface area contributed by atoms with E-state index in [-0.39, 0.29) is 12.2 Å². The van der Waals surface area contributed by atoms with Gasteiger partial charge in [0.15, 0.2) is 5.54 Å². The summed E-state index contributed by atoms with van der Waals surface area (Å²) in [5, 5.41) is 11.5. The second-order valence-electron chi connectivity index (χ2n) is 4.93. The molecule has 0 saturated carbocycles. The molecule has 2 aromatic heterocycles. The number of pyridine rings is 1. The summed E-state index contributed by atoms with van der Waals surface area (Å²) in [5.41, 5.74) is -2.07. The van der Waals surface area contributed by atoms with Gasteiger partial charge in [0, 0.05) is 19.5 Å². The number of carboxylic acid groups (broad SMARTS) is 1. The Morgan fingerprint density at radius 1 is 1.45 bits per heavy atom. The van der Waals surface area contributed by atoms with Crippen molar-refractivity contribution in [2.45, 2.75) is 12.5 Å². The number of hydrogen-bond donors (Lipinski definition) is 2. The van der Waals surface area contributed by atoms with Crippen molar-refractivity contribution < 1.29 is 19.4 Å². The third kappa shape index (κ3) is 2.82. The van der Waals surface area contributed by atoms with E-state index in [1.54, 1.807) is 18.2 Å². The minimum atomic E-state index is -1.64. The summed E-state index contributed by atoms with van der Waals surface area (Å²) in [5.74, 6) is -2.09. The highest BCUT2D eigenvalue weighted by molar-refractivity contribution is 5.97. The van der Waals surface area contributed by atoms with Crippen LogP contribution in [0.4, 0.5) is 0 Å². The standard InChI is InChI=1S/C14H15N3O5/c1-14(8-22-2,13(20)21)16-11(18)9-7-15-10-5-3-4-6-17(10)12(9)19/h3-7H,8H2,1-2H3,(H,16,18)(H,20,21). The molecular weight excluding hydrogens is 290 g/mol. The molecule has 0 aliphatic carbocycles. The maximum Gasteiger partial charge on any atom is 0.331 e. The molecule has 116 valence electrons. The number of nitrogens with zero attached hydrogens (tertiary/aromatic N) is 2. The summed E-state index contributed by atoms with van der Waals surface area (Å²) >= 11 is 0. The van der Waals surface area contributed by atoms with Gasteiger partial charge in [-0.3, -0.25) is 14.0 Å². The molecule has 8 nitrogen and oxygen atoms in total. The van der Waals surface area contributed by atoms with Crippen molar-refractivity contribution in [3.8, 4) is 0 Å². The number of carbonyl (C=O) groups is 2. The molecule has 0 bridgehead atoms. The molecular formula is C14H15N3O5. The van der Waals surface area contributed by atoms with Crippen LogP contribution in [0, 0.1) is 0 Å². The summed E-state index contributed by atoms with van der Waals surface area (Å²) in [6.45, 7) is 1.05. The largest absolute Gasteiger partial charge is 0.479 e. The van der Waals surface area contributed by atoms with Crippen LogP contribution in [0.2, 0.25) is 0 Å². The van der Waals surface area contributed by atoms with Crippen LogP contribution in [0.3, 0.4) is 0 Å². The third-order valence-corrected chi connectivity index (χ3v) is 3.15. The molecule has 22 heavy (non-hydrogen) atoms. The first-order valence-corrected chi connectivity index (χ1v) is 6.40. The van der Waals surface area contributed by atoms with Crippen molar-refractivity contribution in [3.63, 3.8) is 0 Å². The van der Waals surface area contributed by atoms with Crippen LogP contribution in [0.5, 0.6) is 0 Å². The van der Waals surface area contributed by atoms with Gasteiger partial charge in [-0.2, -0.15) is 0 Å². The highest BCUT2D eigenvalue weighted by atomic mass is 16.5. The normalized spacial score (nSPS) is 13.5. The number of carbonyl (C=O) groups excluding carboxylic acids is 1. The fourth-order valence-corrected chi connectivity index (χ4v) is 1.94. The number of hydrogen-bond acceptors (Lipinski definition) is 5. The topological polar surface area (TPSA) is 110 Å². The number of aromatic nitrogens is 2. The molecule has 2 heterocycles. The van der Waals surface area contributed by atoms with Crippen molar-refractivity contribution >= 4 is 17.5 Å². The zero-order valence-electron chi connectivity index (χ0n) is 12.1. The van der Waals surface area contributed by atoms with E-state index < -0.39 is 23.0 Å². The van der Waals surface area contributed by atoms with Gasteiger partial charge in [-0.05, 0) is 19.1 Å². The Hall–Kier alpha value is -2.74. The van der Waals surface area contributed by atoms with E-state index in [2.05, 4.69) is 10.3 Å². The third-order valence-electron chi connectivity index (χ3n) is 3.15. The van der Waals surface area contributed by atoms with E-state index in [4.69, 9.17) is 4.74 Å². The molecule has 0 aliphatic heterocycles. The molecule has 0 fully saturated rings. The van der Waals surface area contributed by atoms with E-state index in [9.17, 15) is 19.5 Å². The summed E-state index contributed by atoms with van der Waals surface area (Å²) in [7, 11) is 1.32. The number of carboxylic acids is 1. The lowest BCUT2D eigenvalue weighted by molar-refractivity contribution is -0.145. The van der Waals surface area contributed by atoms with Gasteiger partial charge in [0.25, 0.3) is 11.5 Å². The summed E-state index contributed by atoms with van der Waals surface area (Å²) in [4.78, 5) is 39.8. The van der Waals surface area contributed by atoms with Crippen LogP contribution < -0.4 is 10.9 Å². The Morgan fingerprint density at radius 3 is 2.82 bits per heavy atom. The monoisotopic (exact) mass is 305 g/mol. The first-order chi connectivity index (χ1) is 10.4. The summed E-state index contributed by atoms with van der Waals surface area (Å²) in [6, 6.07) is 4.96. The highest BCUT2D eigenvalue weighted by Crippen LogP contribution is 2.06. The second kappa shape index (κ2) is 5.94. The second-order valence-corrected chi connectivity index (χ2v) is 4.93. The smallest absolute Gasteiger partial charge is 0.331 e. The molecule has 1 amide bonds. The number of fused-ring (bicyclic) bond motifs is 1.